The van der Waals surface area contributed by atoms with Gasteiger partial charge in [0.1, 0.15) is 5.82 Å². The van der Waals surface area contributed by atoms with E-state index in [0.717, 1.165) is 17.3 Å². The maximum absolute atomic E-state index is 6.16. The van der Waals surface area contributed by atoms with E-state index in [1.54, 1.807) is 0 Å². The molecule has 0 bridgehead atoms. The van der Waals surface area contributed by atoms with Gasteiger partial charge in [0.25, 0.3) is 0 Å². The molecule has 0 radical (unpaired) electrons. The SMILES string of the molecule is C[C@H]1COC[C@H](C)N1c1cc(C[SH+]c2ccccc2)nc(Cl)n1. The minimum atomic E-state index is 0.282. The van der Waals surface area contributed by atoms with Crippen LogP contribution in [0.15, 0.2) is 41.3 Å². The van der Waals surface area contributed by atoms with Crippen LogP contribution in [0.25, 0.3) is 0 Å². The number of thiol groups is 1. The number of aromatic nitrogens is 2. The summed E-state index contributed by atoms with van der Waals surface area (Å²) in [6.07, 6.45) is 0. The van der Waals surface area contributed by atoms with E-state index in [4.69, 9.17) is 16.3 Å². The average molecular weight is 351 g/mol. The molecule has 3 rings (SSSR count). The molecule has 2 heterocycles. The molecule has 1 fully saturated rings. The Morgan fingerprint density at radius 3 is 2.57 bits per heavy atom. The van der Waals surface area contributed by atoms with Gasteiger partial charge in [-0.15, -0.1) is 0 Å². The van der Waals surface area contributed by atoms with E-state index in [-0.39, 0.29) is 12.1 Å². The minimum Gasteiger partial charge on any atom is -0.377 e. The van der Waals surface area contributed by atoms with Gasteiger partial charge in [-0.1, -0.05) is 18.2 Å². The number of benzene rings is 1. The number of anilines is 1. The van der Waals surface area contributed by atoms with Crippen molar-refractivity contribution in [2.75, 3.05) is 18.1 Å². The van der Waals surface area contributed by atoms with Crippen molar-refractivity contribution in [3.05, 3.63) is 47.4 Å². The number of rotatable bonds is 4. The highest BCUT2D eigenvalue weighted by Crippen LogP contribution is 2.24. The molecule has 1 aromatic heterocycles. The number of hydrogen-bond acceptors (Lipinski definition) is 4. The monoisotopic (exact) mass is 350 g/mol. The first-order valence-electron chi connectivity index (χ1n) is 7.75. The lowest BCUT2D eigenvalue weighted by Gasteiger charge is -2.39. The lowest BCUT2D eigenvalue weighted by Crippen LogP contribution is -2.50. The quantitative estimate of drug-likeness (QED) is 0.482. The third-order valence-corrected chi connectivity index (χ3v) is 5.17. The van der Waals surface area contributed by atoms with E-state index >= 15 is 0 Å². The lowest BCUT2D eigenvalue weighted by molar-refractivity contribution is 0.0752. The molecule has 23 heavy (non-hydrogen) atoms. The lowest BCUT2D eigenvalue weighted by atomic mass is 10.1. The molecule has 0 unspecified atom stereocenters. The highest BCUT2D eigenvalue weighted by Gasteiger charge is 2.27. The van der Waals surface area contributed by atoms with Crippen molar-refractivity contribution < 1.29 is 4.74 Å². The van der Waals surface area contributed by atoms with Gasteiger partial charge in [0.15, 0.2) is 10.6 Å². The van der Waals surface area contributed by atoms with Gasteiger partial charge in [-0.3, -0.25) is 0 Å². The van der Waals surface area contributed by atoms with Crippen LogP contribution in [0, 0.1) is 0 Å². The Labute approximate surface area is 146 Å². The van der Waals surface area contributed by atoms with E-state index < -0.39 is 0 Å². The standard InChI is InChI=1S/C17H20ClN3OS/c1-12-9-22-10-13(2)21(12)16-8-14(19-17(18)20-16)11-23-15-6-4-3-5-7-15/h3-8,12-13H,9-11H2,1-2H3/p+1/t12-,13-/m0/s1. The molecule has 4 nitrogen and oxygen atoms in total. The van der Waals surface area contributed by atoms with Crippen LogP contribution in [0.4, 0.5) is 5.82 Å². The second kappa shape index (κ2) is 7.51. The first kappa shape index (κ1) is 16.6. The van der Waals surface area contributed by atoms with E-state index in [9.17, 15) is 0 Å². The van der Waals surface area contributed by atoms with Crippen LogP contribution >= 0.6 is 11.6 Å². The van der Waals surface area contributed by atoms with Crippen LogP contribution in [0.3, 0.4) is 0 Å². The van der Waals surface area contributed by atoms with Gasteiger partial charge in [0, 0.05) is 17.8 Å². The smallest absolute Gasteiger partial charge is 0.224 e. The molecule has 0 N–H and O–H groups in total. The average Bonchev–Trinajstić information content (AvgIpc) is 2.53. The van der Waals surface area contributed by atoms with Crippen molar-refractivity contribution in [2.45, 2.75) is 36.6 Å². The van der Waals surface area contributed by atoms with Crippen molar-refractivity contribution >= 4 is 29.2 Å². The summed E-state index contributed by atoms with van der Waals surface area (Å²) in [5.74, 6) is 1.72. The predicted molar refractivity (Wildman–Crippen MR) is 96.4 cm³/mol. The molecular formula is C17H21ClN3OS+. The summed E-state index contributed by atoms with van der Waals surface area (Å²) in [6, 6.07) is 13.0. The summed E-state index contributed by atoms with van der Waals surface area (Å²) >= 11 is 7.38. The molecule has 122 valence electrons. The highest BCUT2D eigenvalue weighted by molar-refractivity contribution is 7.77. The zero-order valence-electron chi connectivity index (χ0n) is 13.3. The van der Waals surface area contributed by atoms with E-state index in [1.165, 1.54) is 16.7 Å². The summed E-state index contributed by atoms with van der Waals surface area (Å²) in [5, 5.41) is 0.312. The van der Waals surface area contributed by atoms with Crippen molar-refractivity contribution in [3.63, 3.8) is 0 Å². The van der Waals surface area contributed by atoms with E-state index in [0.29, 0.717) is 18.5 Å². The first-order valence-corrected chi connectivity index (χ1v) is 9.21. The Hall–Kier alpha value is -1.30. The van der Waals surface area contributed by atoms with Gasteiger partial charge >= 0.3 is 0 Å². The van der Waals surface area contributed by atoms with Gasteiger partial charge in [-0.2, -0.15) is 0 Å². The van der Waals surface area contributed by atoms with Crippen LogP contribution in [-0.2, 0) is 22.3 Å². The van der Waals surface area contributed by atoms with Gasteiger partial charge in [-0.05, 0) is 37.6 Å². The van der Waals surface area contributed by atoms with Gasteiger partial charge in [-0.25, -0.2) is 9.97 Å². The van der Waals surface area contributed by atoms with Gasteiger partial charge < -0.3 is 9.64 Å². The molecule has 2 aromatic rings. The second-order valence-corrected chi connectivity index (χ2v) is 7.27. The topological polar surface area (TPSA) is 38.2 Å². The number of hydrogen-bond donors (Lipinski definition) is 0. The molecule has 1 saturated heterocycles. The zero-order valence-corrected chi connectivity index (χ0v) is 15.0. The molecular weight excluding hydrogens is 330 g/mol. The van der Waals surface area contributed by atoms with Crippen LogP contribution in [0.1, 0.15) is 19.5 Å². The molecule has 2 atom stereocenters. The first-order chi connectivity index (χ1) is 11.1. The van der Waals surface area contributed by atoms with Crippen LogP contribution in [0.2, 0.25) is 5.28 Å². The fourth-order valence-corrected chi connectivity index (χ4v) is 3.91. The maximum atomic E-state index is 6.16. The number of ether oxygens (including phenoxy) is 1. The summed E-state index contributed by atoms with van der Waals surface area (Å²) in [7, 11) is 0. The zero-order chi connectivity index (χ0) is 16.2. The molecule has 0 spiro atoms. The normalized spacial score (nSPS) is 21.4. The van der Waals surface area contributed by atoms with Crippen LogP contribution < -0.4 is 4.90 Å². The Kier molecular flexibility index (Phi) is 5.41. The van der Waals surface area contributed by atoms with Gasteiger partial charge in [0.05, 0.1) is 31.0 Å². The number of morpholine rings is 1. The molecule has 6 heteroatoms. The maximum Gasteiger partial charge on any atom is 0.224 e. The molecule has 1 aliphatic rings. The van der Waals surface area contributed by atoms with Crippen LogP contribution in [0.5, 0.6) is 0 Å². The largest absolute Gasteiger partial charge is 0.377 e. The minimum absolute atomic E-state index is 0.282. The summed E-state index contributed by atoms with van der Waals surface area (Å²) in [6.45, 7) is 5.72. The van der Waals surface area contributed by atoms with Crippen molar-refractivity contribution in [3.8, 4) is 0 Å². The fraction of sp³-hybridized carbons (Fsp3) is 0.412. The fourth-order valence-electron chi connectivity index (χ4n) is 2.83. The predicted octanol–water partition coefficient (Wildman–Crippen LogP) is 3.12. The Morgan fingerprint density at radius 1 is 1.17 bits per heavy atom. The molecule has 0 amide bonds. The molecule has 1 aliphatic heterocycles. The number of halogens is 1. The Bertz CT molecular complexity index is 646. The molecule has 0 saturated carbocycles. The third-order valence-electron chi connectivity index (χ3n) is 3.85. The third kappa shape index (κ3) is 4.16. The number of nitrogens with zero attached hydrogens (tertiary/aromatic N) is 3. The van der Waals surface area contributed by atoms with E-state index in [1.807, 2.05) is 6.07 Å². The van der Waals surface area contributed by atoms with Crippen molar-refractivity contribution in [1.29, 1.82) is 0 Å². The molecule has 1 aromatic carbocycles. The summed E-state index contributed by atoms with van der Waals surface area (Å²) in [4.78, 5) is 12.4. The molecule has 0 aliphatic carbocycles. The highest BCUT2D eigenvalue weighted by atomic mass is 35.5. The van der Waals surface area contributed by atoms with Gasteiger partial charge in [0.2, 0.25) is 5.28 Å². The summed E-state index contributed by atoms with van der Waals surface area (Å²) < 4.78 is 5.59. The van der Waals surface area contributed by atoms with Crippen molar-refractivity contribution in [1.82, 2.24) is 9.97 Å². The van der Waals surface area contributed by atoms with Crippen molar-refractivity contribution in [2.24, 2.45) is 0 Å². The summed E-state index contributed by atoms with van der Waals surface area (Å²) in [5.41, 5.74) is 0.969. The Morgan fingerprint density at radius 2 is 1.87 bits per heavy atom. The van der Waals surface area contributed by atoms with E-state index in [2.05, 4.69) is 59.0 Å². The van der Waals surface area contributed by atoms with Crippen LogP contribution in [-0.4, -0.2) is 35.3 Å². The second-order valence-electron chi connectivity index (χ2n) is 5.78. The Balaban J connectivity index is 1.78.